The summed E-state index contributed by atoms with van der Waals surface area (Å²) in [6.07, 6.45) is 1.65. The molecule has 2 aliphatic rings. The quantitative estimate of drug-likeness (QED) is 0.437. The van der Waals surface area contributed by atoms with Crippen molar-refractivity contribution in [2.75, 3.05) is 32.7 Å². The number of hydrogen-bond acceptors (Lipinski definition) is 3. The van der Waals surface area contributed by atoms with Crippen LogP contribution in [0.25, 0.3) is 5.70 Å². The van der Waals surface area contributed by atoms with Crippen molar-refractivity contribution in [3.63, 3.8) is 0 Å². The van der Waals surface area contributed by atoms with Crippen LogP contribution in [0.4, 0.5) is 0 Å². The molecule has 3 rings (SSSR count). The number of rotatable bonds is 8. The zero-order chi connectivity index (χ0) is 20.1. The highest BCUT2D eigenvalue weighted by molar-refractivity contribution is 8.15. The van der Waals surface area contributed by atoms with E-state index in [1.165, 1.54) is 29.1 Å². The highest BCUT2D eigenvalue weighted by Crippen LogP contribution is 2.65. The van der Waals surface area contributed by atoms with Gasteiger partial charge in [-0.2, -0.15) is 0 Å². The maximum Gasteiger partial charge on any atom is 0.105 e. The Morgan fingerprint density at radius 1 is 0.964 bits per heavy atom. The molecule has 2 heterocycles. The van der Waals surface area contributed by atoms with Crippen molar-refractivity contribution in [3.05, 3.63) is 51.6 Å². The van der Waals surface area contributed by atoms with Crippen LogP contribution >= 0.6 is 18.1 Å². The molecule has 0 spiro atoms. The van der Waals surface area contributed by atoms with Crippen LogP contribution in [0, 0.1) is 0 Å². The van der Waals surface area contributed by atoms with Crippen LogP contribution in [0.3, 0.4) is 0 Å². The highest BCUT2D eigenvalue weighted by Gasteiger charge is 2.39. The average Bonchev–Trinajstić information content (AvgIpc) is 3.02. The molecular weight excluding hydrogens is 401 g/mol. The van der Waals surface area contributed by atoms with Crippen molar-refractivity contribution in [2.45, 2.75) is 47.0 Å². The Morgan fingerprint density at radius 3 is 2.14 bits per heavy atom. The molecule has 0 atom stereocenters. The van der Waals surface area contributed by atoms with E-state index in [9.17, 15) is 0 Å². The smallest absolute Gasteiger partial charge is 0.105 e. The first-order valence-electron chi connectivity index (χ1n) is 10.7. The maximum absolute atomic E-state index is 6.64. The number of hydrogen-bond donors (Lipinski definition) is 0. The molecule has 154 valence electrons. The van der Waals surface area contributed by atoms with Crippen LogP contribution in [0.1, 0.15) is 52.5 Å². The maximum atomic E-state index is 6.64. The van der Waals surface area contributed by atoms with Gasteiger partial charge in [0.1, 0.15) is 6.34 Å². The number of allylic oxidation sites excluding steroid dienone is 1. The van der Waals surface area contributed by atoms with Crippen LogP contribution in [0.2, 0.25) is 0 Å². The van der Waals surface area contributed by atoms with E-state index in [4.69, 9.17) is 11.8 Å². The number of nitrogens with zero attached hydrogens (tertiary/aromatic N) is 3. The molecule has 0 bridgehead atoms. The summed E-state index contributed by atoms with van der Waals surface area (Å²) in [6, 6.07) is 10.8. The molecule has 0 N–H and O–H groups in total. The minimum absolute atomic E-state index is 1.02. The van der Waals surface area contributed by atoms with E-state index >= 15 is 0 Å². The Hall–Kier alpha value is -0.580. The van der Waals surface area contributed by atoms with Gasteiger partial charge in [0.25, 0.3) is 0 Å². The van der Waals surface area contributed by atoms with E-state index in [0.29, 0.717) is 0 Å². The van der Waals surface area contributed by atoms with Crippen molar-refractivity contribution in [3.8, 4) is 0 Å². The average molecular weight is 436 g/mol. The molecule has 0 saturated heterocycles. The second-order valence-corrected chi connectivity index (χ2v) is 12.3. The monoisotopic (exact) mass is 435 g/mol. The lowest BCUT2D eigenvalue weighted by atomic mass is 10.1. The van der Waals surface area contributed by atoms with Gasteiger partial charge in [-0.05, 0) is 24.8 Å². The second-order valence-electron chi connectivity index (χ2n) is 7.17. The zero-order valence-electron chi connectivity index (χ0n) is 17.7. The largest absolute Gasteiger partial charge is 0.335 e. The SMILES string of the molecule is CCN(CC)P(=S)(C1=C2SC=C(c3ccccc3)N2CCCC1)N(CC)CC. The molecule has 0 aliphatic carbocycles. The van der Waals surface area contributed by atoms with Gasteiger partial charge in [0, 0.05) is 43.4 Å². The third kappa shape index (κ3) is 4.02. The fourth-order valence-electron chi connectivity index (χ4n) is 4.30. The van der Waals surface area contributed by atoms with Gasteiger partial charge in [0.2, 0.25) is 0 Å². The second kappa shape index (κ2) is 9.95. The predicted molar refractivity (Wildman–Crippen MR) is 130 cm³/mol. The van der Waals surface area contributed by atoms with Crippen LogP contribution in [-0.2, 0) is 11.8 Å². The van der Waals surface area contributed by atoms with Crippen molar-refractivity contribution in [1.82, 2.24) is 14.2 Å². The van der Waals surface area contributed by atoms with E-state index in [-0.39, 0.29) is 0 Å². The standard InChI is InChI=1S/C22H34N3PS2/c1-5-23(6-2)26(27,24(7-3)8-4)21-16-12-13-17-25-20(18-28-22(21)25)19-14-10-9-11-15-19/h9-11,14-15,18H,5-8,12-13,16-17H2,1-4H3. The summed E-state index contributed by atoms with van der Waals surface area (Å²) in [5, 5.41) is 5.32. The summed E-state index contributed by atoms with van der Waals surface area (Å²) < 4.78 is 5.17. The molecule has 0 radical (unpaired) electrons. The summed E-state index contributed by atoms with van der Waals surface area (Å²) in [6.45, 7) is 14.2. The van der Waals surface area contributed by atoms with Gasteiger partial charge in [-0.3, -0.25) is 9.34 Å². The van der Waals surface area contributed by atoms with E-state index in [0.717, 1.165) is 39.1 Å². The van der Waals surface area contributed by atoms with Gasteiger partial charge in [0.15, 0.2) is 0 Å². The Labute approximate surface area is 181 Å². The molecule has 0 aromatic heterocycles. The topological polar surface area (TPSA) is 9.72 Å². The summed E-state index contributed by atoms with van der Waals surface area (Å²) in [5.41, 5.74) is 2.66. The van der Waals surface area contributed by atoms with Crippen LogP contribution in [0.5, 0.6) is 0 Å². The van der Waals surface area contributed by atoms with Crippen LogP contribution < -0.4 is 0 Å². The van der Waals surface area contributed by atoms with Crippen molar-refractivity contribution in [1.29, 1.82) is 0 Å². The minimum atomic E-state index is -1.95. The van der Waals surface area contributed by atoms with Crippen LogP contribution in [-0.4, -0.2) is 47.0 Å². The summed E-state index contributed by atoms with van der Waals surface area (Å²) in [7, 11) is 0. The molecule has 0 fully saturated rings. The molecular formula is C22H34N3PS2. The Balaban J connectivity index is 2.11. The number of benzene rings is 1. The van der Waals surface area contributed by atoms with Gasteiger partial charge in [-0.1, -0.05) is 81.6 Å². The van der Waals surface area contributed by atoms with Gasteiger partial charge < -0.3 is 4.90 Å². The van der Waals surface area contributed by atoms with Crippen molar-refractivity contribution >= 4 is 35.6 Å². The van der Waals surface area contributed by atoms with E-state index in [1.807, 2.05) is 11.8 Å². The molecule has 0 amide bonds. The minimum Gasteiger partial charge on any atom is -0.335 e. The third-order valence-electron chi connectivity index (χ3n) is 5.76. The lowest BCUT2D eigenvalue weighted by molar-refractivity contribution is 0.423. The zero-order valence-corrected chi connectivity index (χ0v) is 20.3. The Kier molecular flexibility index (Phi) is 7.86. The molecule has 28 heavy (non-hydrogen) atoms. The fourth-order valence-corrected chi connectivity index (χ4v) is 11.4. The first-order valence-corrected chi connectivity index (χ1v) is 14.2. The molecule has 1 aromatic carbocycles. The summed E-state index contributed by atoms with van der Waals surface area (Å²) in [4.78, 5) is 2.57. The summed E-state index contributed by atoms with van der Waals surface area (Å²) in [5.74, 6) is 0. The lowest BCUT2D eigenvalue weighted by Gasteiger charge is -2.44. The van der Waals surface area contributed by atoms with Crippen molar-refractivity contribution in [2.24, 2.45) is 0 Å². The van der Waals surface area contributed by atoms with Crippen LogP contribution in [0.15, 0.2) is 46.1 Å². The Morgan fingerprint density at radius 2 is 1.57 bits per heavy atom. The molecule has 2 aliphatic heterocycles. The Bertz CT molecular complexity index is 751. The van der Waals surface area contributed by atoms with E-state index in [2.05, 4.69) is 77.7 Å². The first kappa shape index (κ1) is 22.1. The van der Waals surface area contributed by atoms with E-state index < -0.39 is 6.34 Å². The van der Waals surface area contributed by atoms with Gasteiger partial charge in [-0.25, -0.2) is 0 Å². The third-order valence-corrected chi connectivity index (χ3v) is 12.8. The fraction of sp³-hybridized carbons (Fsp3) is 0.545. The number of fused-ring (bicyclic) bond motifs is 1. The molecule has 1 aromatic rings. The van der Waals surface area contributed by atoms with Crippen molar-refractivity contribution < 1.29 is 0 Å². The first-order chi connectivity index (χ1) is 13.6. The van der Waals surface area contributed by atoms with E-state index in [1.54, 1.807) is 5.31 Å². The molecule has 3 nitrogen and oxygen atoms in total. The van der Waals surface area contributed by atoms with Gasteiger partial charge >= 0.3 is 0 Å². The predicted octanol–water partition coefficient (Wildman–Crippen LogP) is 6.38. The molecule has 0 unspecified atom stereocenters. The highest BCUT2D eigenvalue weighted by atomic mass is 32.4. The molecule has 6 heteroatoms. The van der Waals surface area contributed by atoms with Gasteiger partial charge in [0.05, 0.1) is 10.7 Å². The normalized spacial score (nSPS) is 17.9. The summed E-state index contributed by atoms with van der Waals surface area (Å²) >= 11 is 8.55. The lowest BCUT2D eigenvalue weighted by Crippen LogP contribution is -2.33. The van der Waals surface area contributed by atoms with Gasteiger partial charge in [-0.15, -0.1) is 0 Å². The molecule has 0 saturated carbocycles. The number of thioether (sulfide) groups is 1.